The Morgan fingerprint density at radius 2 is 1.50 bits per heavy atom. The maximum absolute atomic E-state index is 6.47. The van der Waals surface area contributed by atoms with Crippen LogP contribution < -0.4 is 4.74 Å². The Balaban J connectivity index is 1.38. The van der Waals surface area contributed by atoms with Crippen molar-refractivity contribution >= 4 is 11.6 Å². The van der Waals surface area contributed by atoms with E-state index in [-0.39, 0.29) is 6.29 Å². The molecule has 0 unspecified atom stereocenters. The average Bonchev–Trinajstić information content (AvgIpc) is 2.91. The van der Waals surface area contributed by atoms with E-state index in [0.29, 0.717) is 17.5 Å². The van der Waals surface area contributed by atoms with E-state index < -0.39 is 0 Å². The number of rotatable bonds is 17. The molecule has 1 aliphatic rings. The first-order chi connectivity index (χ1) is 17.7. The molecule has 0 atom stereocenters. The second-order valence-corrected chi connectivity index (χ2v) is 10.6. The highest BCUT2D eigenvalue weighted by Gasteiger charge is 2.23. The van der Waals surface area contributed by atoms with Crippen molar-refractivity contribution in [3.8, 4) is 17.0 Å². The summed E-state index contributed by atoms with van der Waals surface area (Å²) >= 11 is 6.47. The number of hydrogen-bond acceptors (Lipinski definition) is 4. The quantitative estimate of drug-likeness (QED) is 0.197. The highest BCUT2D eigenvalue weighted by molar-refractivity contribution is 6.32. The maximum atomic E-state index is 6.47. The van der Waals surface area contributed by atoms with Crippen LogP contribution in [0.15, 0.2) is 36.5 Å². The van der Waals surface area contributed by atoms with Crippen LogP contribution in [0.2, 0.25) is 5.02 Å². The van der Waals surface area contributed by atoms with Gasteiger partial charge in [-0.25, -0.2) is 0 Å². The molecule has 5 heteroatoms. The molecule has 3 rings (SSSR count). The molecule has 0 aliphatic carbocycles. The summed E-state index contributed by atoms with van der Waals surface area (Å²) in [7, 11) is 0. The number of nitrogens with zero attached hydrogens (tertiary/aromatic N) is 1. The first-order valence-electron chi connectivity index (χ1n) is 14.3. The lowest BCUT2D eigenvalue weighted by molar-refractivity contribution is -0.206. The molecule has 1 aromatic heterocycles. The van der Waals surface area contributed by atoms with Crippen LogP contribution in [0.5, 0.6) is 5.75 Å². The summed E-state index contributed by atoms with van der Waals surface area (Å²) in [5.41, 5.74) is 2.81. The van der Waals surface area contributed by atoms with Gasteiger partial charge in [0.2, 0.25) is 0 Å². The Labute approximate surface area is 224 Å². The summed E-state index contributed by atoms with van der Waals surface area (Å²) in [5.74, 6) is 1.24. The second-order valence-electron chi connectivity index (χ2n) is 10.2. The number of benzene rings is 1. The molecule has 200 valence electrons. The topological polar surface area (TPSA) is 40.6 Å². The van der Waals surface area contributed by atoms with E-state index in [1.54, 1.807) is 0 Å². The predicted octanol–water partition coefficient (Wildman–Crippen LogP) is 9.55. The van der Waals surface area contributed by atoms with Crippen molar-refractivity contribution in [3.63, 3.8) is 0 Å². The molecule has 1 fully saturated rings. The maximum Gasteiger partial charge on any atom is 0.185 e. The highest BCUT2D eigenvalue weighted by Crippen LogP contribution is 2.32. The van der Waals surface area contributed by atoms with Crippen molar-refractivity contribution < 1.29 is 14.2 Å². The highest BCUT2D eigenvalue weighted by atomic mass is 35.5. The van der Waals surface area contributed by atoms with Gasteiger partial charge in [-0.3, -0.25) is 4.98 Å². The molecular formula is C31H46ClNO3. The van der Waals surface area contributed by atoms with Crippen LogP contribution in [0.4, 0.5) is 0 Å². The van der Waals surface area contributed by atoms with Crippen LogP contribution in [0.25, 0.3) is 11.3 Å². The monoisotopic (exact) mass is 515 g/mol. The Kier molecular flexibility index (Phi) is 13.7. The Morgan fingerprint density at radius 3 is 2.14 bits per heavy atom. The van der Waals surface area contributed by atoms with Gasteiger partial charge in [0.05, 0.1) is 30.5 Å². The average molecular weight is 516 g/mol. The fourth-order valence-electron chi connectivity index (χ4n) is 4.67. The molecule has 0 N–H and O–H groups in total. The minimum Gasteiger partial charge on any atom is -0.492 e. The van der Waals surface area contributed by atoms with E-state index in [1.165, 1.54) is 77.0 Å². The smallest absolute Gasteiger partial charge is 0.185 e. The van der Waals surface area contributed by atoms with E-state index in [2.05, 4.69) is 18.8 Å². The molecule has 1 aromatic carbocycles. The van der Waals surface area contributed by atoms with E-state index in [9.17, 15) is 0 Å². The van der Waals surface area contributed by atoms with Gasteiger partial charge in [-0.2, -0.15) is 0 Å². The van der Waals surface area contributed by atoms with Gasteiger partial charge in [-0.15, -0.1) is 0 Å². The first kappa shape index (κ1) is 28.9. The summed E-state index contributed by atoms with van der Waals surface area (Å²) in [4.78, 5) is 4.65. The van der Waals surface area contributed by atoms with Gasteiger partial charge in [0.15, 0.2) is 6.29 Å². The minimum absolute atomic E-state index is 0.326. The zero-order chi connectivity index (χ0) is 25.4. The number of halogens is 1. The van der Waals surface area contributed by atoms with Crippen LogP contribution in [-0.2, 0) is 9.47 Å². The van der Waals surface area contributed by atoms with Gasteiger partial charge >= 0.3 is 0 Å². The standard InChI is InChI=1S/C31H46ClNO3/c1-3-5-7-9-10-11-12-13-15-25-23-35-31(36-24-25)27-16-18-29(33-22-27)26-17-19-30(28(32)21-26)34-20-14-8-6-4-2/h16-19,21-22,25,31H,3-15,20,23-24H2,1-2H3/t25-,31-. The molecular weight excluding hydrogens is 470 g/mol. The molecule has 0 bridgehead atoms. The fraction of sp³-hybridized carbons (Fsp3) is 0.645. The van der Waals surface area contributed by atoms with Crippen molar-refractivity contribution in [1.82, 2.24) is 4.98 Å². The summed E-state index contributed by atoms with van der Waals surface area (Å²) < 4.78 is 17.9. The van der Waals surface area contributed by atoms with Gasteiger partial charge in [0.1, 0.15) is 5.75 Å². The van der Waals surface area contributed by atoms with E-state index in [0.717, 1.165) is 42.2 Å². The molecule has 0 spiro atoms. The van der Waals surface area contributed by atoms with Crippen LogP contribution in [-0.4, -0.2) is 24.8 Å². The number of ether oxygens (including phenoxy) is 3. The fourth-order valence-corrected chi connectivity index (χ4v) is 4.91. The SMILES string of the molecule is CCCCCCCCCC[C@H]1CO[C@H](c2ccc(-c3ccc(OCCCCCC)c(Cl)c3)nc2)OC1. The van der Waals surface area contributed by atoms with Gasteiger partial charge in [0.25, 0.3) is 0 Å². The molecule has 0 radical (unpaired) electrons. The molecule has 2 heterocycles. The lowest BCUT2D eigenvalue weighted by atomic mass is 10.0. The molecule has 4 nitrogen and oxygen atoms in total. The van der Waals surface area contributed by atoms with Crippen molar-refractivity contribution in [2.45, 2.75) is 104 Å². The van der Waals surface area contributed by atoms with Gasteiger partial charge in [-0.05, 0) is 37.1 Å². The molecule has 0 saturated carbocycles. The van der Waals surface area contributed by atoms with E-state index in [1.807, 2.05) is 36.5 Å². The van der Waals surface area contributed by atoms with Crippen molar-refractivity contribution in [3.05, 3.63) is 47.1 Å². The Hall–Kier alpha value is -1.62. The Bertz CT molecular complexity index is 849. The zero-order valence-corrected chi connectivity index (χ0v) is 23.2. The largest absolute Gasteiger partial charge is 0.492 e. The number of unbranched alkanes of at least 4 members (excludes halogenated alkanes) is 10. The third kappa shape index (κ3) is 10.0. The number of aromatic nitrogens is 1. The molecule has 1 saturated heterocycles. The number of pyridine rings is 1. The molecule has 1 aliphatic heterocycles. The number of hydrogen-bond donors (Lipinski definition) is 0. The van der Waals surface area contributed by atoms with Crippen LogP contribution in [0.1, 0.15) is 109 Å². The first-order valence-corrected chi connectivity index (χ1v) is 14.7. The van der Waals surface area contributed by atoms with Crippen molar-refractivity contribution in [2.24, 2.45) is 5.92 Å². The predicted molar refractivity (Wildman–Crippen MR) is 150 cm³/mol. The van der Waals surface area contributed by atoms with Crippen molar-refractivity contribution in [1.29, 1.82) is 0 Å². The molecule has 0 amide bonds. The van der Waals surface area contributed by atoms with Gasteiger partial charge in [0, 0.05) is 23.2 Å². The van der Waals surface area contributed by atoms with Crippen LogP contribution in [0.3, 0.4) is 0 Å². The summed E-state index contributed by atoms with van der Waals surface area (Å²) in [6.07, 6.45) is 18.3. The van der Waals surface area contributed by atoms with Crippen LogP contribution >= 0.6 is 11.6 Å². The summed E-state index contributed by atoms with van der Waals surface area (Å²) in [6.45, 7) is 6.71. The lowest BCUT2D eigenvalue weighted by Crippen LogP contribution is -2.27. The van der Waals surface area contributed by atoms with E-state index in [4.69, 9.17) is 25.8 Å². The summed E-state index contributed by atoms with van der Waals surface area (Å²) in [6, 6.07) is 9.92. The minimum atomic E-state index is -0.326. The van der Waals surface area contributed by atoms with Crippen molar-refractivity contribution in [2.75, 3.05) is 19.8 Å². The third-order valence-electron chi connectivity index (χ3n) is 6.97. The third-order valence-corrected chi connectivity index (χ3v) is 7.27. The Morgan fingerprint density at radius 1 is 0.833 bits per heavy atom. The molecule has 36 heavy (non-hydrogen) atoms. The normalized spacial score (nSPS) is 17.9. The summed E-state index contributed by atoms with van der Waals surface area (Å²) in [5, 5.41) is 0.621. The zero-order valence-electron chi connectivity index (χ0n) is 22.5. The van der Waals surface area contributed by atoms with E-state index >= 15 is 0 Å². The van der Waals surface area contributed by atoms with Gasteiger partial charge < -0.3 is 14.2 Å². The van der Waals surface area contributed by atoms with Crippen LogP contribution in [0, 0.1) is 5.92 Å². The lowest BCUT2D eigenvalue weighted by Gasteiger charge is -2.29. The second kappa shape index (κ2) is 17.0. The molecule has 2 aromatic rings. The van der Waals surface area contributed by atoms with Gasteiger partial charge in [-0.1, -0.05) is 102 Å².